The third kappa shape index (κ3) is 4.27. The van der Waals surface area contributed by atoms with Gasteiger partial charge in [-0.1, -0.05) is 60.7 Å². The lowest BCUT2D eigenvalue weighted by Gasteiger charge is -2.31. The molecule has 134 valence electrons. The molecule has 0 aliphatic rings. The van der Waals surface area contributed by atoms with Crippen LogP contribution >= 0.6 is 0 Å². The predicted octanol–water partition coefficient (Wildman–Crippen LogP) is 3.46. The Morgan fingerprint density at radius 2 is 1.48 bits per heavy atom. The maximum Gasteiger partial charge on any atom is 0.347 e. The van der Waals surface area contributed by atoms with Crippen molar-refractivity contribution < 1.29 is 14.3 Å². The van der Waals surface area contributed by atoms with Crippen molar-refractivity contribution in [2.45, 2.75) is 25.0 Å². The molecular formula is C21H27NO3. The van der Waals surface area contributed by atoms with E-state index in [2.05, 4.69) is 11.8 Å². The smallest absolute Gasteiger partial charge is 0.347 e. The SMILES string of the molecule is COC(C(=O)OCCC(C)N(C)C)(c1ccccc1)c1ccccc1. The summed E-state index contributed by atoms with van der Waals surface area (Å²) in [6.45, 7) is 2.45. The first-order chi connectivity index (χ1) is 12.0. The van der Waals surface area contributed by atoms with Crippen LogP contribution in [-0.2, 0) is 19.9 Å². The third-order valence-corrected chi connectivity index (χ3v) is 4.60. The second-order valence-corrected chi connectivity index (χ2v) is 6.35. The molecule has 0 amide bonds. The van der Waals surface area contributed by atoms with Crippen LogP contribution in [0.5, 0.6) is 0 Å². The summed E-state index contributed by atoms with van der Waals surface area (Å²) in [5, 5.41) is 0. The van der Waals surface area contributed by atoms with Crippen molar-refractivity contribution in [1.29, 1.82) is 0 Å². The Morgan fingerprint density at radius 3 is 1.88 bits per heavy atom. The topological polar surface area (TPSA) is 38.8 Å². The molecule has 0 radical (unpaired) electrons. The number of nitrogens with zero attached hydrogens (tertiary/aromatic N) is 1. The maximum atomic E-state index is 13.1. The highest BCUT2D eigenvalue weighted by Gasteiger charge is 2.44. The van der Waals surface area contributed by atoms with Gasteiger partial charge in [0.05, 0.1) is 6.61 Å². The summed E-state index contributed by atoms with van der Waals surface area (Å²) >= 11 is 0. The highest BCUT2D eigenvalue weighted by Crippen LogP contribution is 2.34. The van der Waals surface area contributed by atoms with Gasteiger partial charge in [-0.05, 0) is 38.6 Å². The van der Waals surface area contributed by atoms with Crippen molar-refractivity contribution in [3.63, 3.8) is 0 Å². The van der Waals surface area contributed by atoms with E-state index < -0.39 is 11.6 Å². The largest absolute Gasteiger partial charge is 0.463 e. The number of hydrogen-bond acceptors (Lipinski definition) is 4. The Labute approximate surface area is 150 Å². The van der Waals surface area contributed by atoms with E-state index in [-0.39, 0.29) is 0 Å². The zero-order chi connectivity index (χ0) is 18.3. The van der Waals surface area contributed by atoms with Crippen molar-refractivity contribution in [3.05, 3.63) is 71.8 Å². The summed E-state index contributed by atoms with van der Waals surface area (Å²) in [5.74, 6) is -0.390. The van der Waals surface area contributed by atoms with Crippen LogP contribution in [0.1, 0.15) is 24.5 Å². The molecule has 0 heterocycles. The summed E-state index contributed by atoms with van der Waals surface area (Å²) in [5.41, 5.74) is 0.257. The Morgan fingerprint density at radius 1 is 1.00 bits per heavy atom. The molecule has 0 aliphatic carbocycles. The molecule has 0 saturated heterocycles. The molecule has 4 nitrogen and oxygen atoms in total. The molecule has 0 N–H and O–H groups in total. The molecule has 1 unspecified atom stereocenters. The molecule has 25 heavy (non-hydrogen) atoms. The monoisotopic (exact) mass is 341 g/mol. The van der Waals surface area contributed by atoms with Crippen molar-refractivity contribution in [3.8, 4) is 0 Å². The van der Waals surface area contributed by atoms with Gasteiger partial charge in [0.1, 0.15) is 0 Å². The Hall–Kier alpha value is -2.17. The lowest BCUT2D eigenvalue weighted by Crippen LogP contribution is -2.41. The van der Waals surface area contributed by atoms with Gasteiger partial charge in [-0.25, -0.2) is 4.79 Å². The number of ether oxygens (including phenoxy) is 2. The lowest BCUT2D eigenvalue weighted by molar-refractivity contribution is -0.165. The molecule has 0 saturated carbocycles. The summed E-state index contributed by atoms with van der Waals surface area (Å²) in [7, 11) is 5.57. The summed E-state index contributed by atoms with van der Waals surface area (Å²) in [6.07, 6.45) is 0.766. The quantitative estimate of drug-likeness (QED) is 0.689. The highest BCUT2D eigenvalue weighted by atomic mass is 16.6. The first-order valence-electron chi connectivity index (χ1n) is 8.52. The van der Waals surface area contributed by atoms with Crippen molar-refractivity contribution in [2.75, 3.05) is 27.8 Å². The van der Waals surface area contributed by atoms with Crippen LogP contribution in [-0.4, -0.2) is 44.7 Å². The second kappa shape index (κ2) is 8.79. The normalized spacial score (nSPS) is 12.8. The molecule has 2 aromatic rings. The van der Waals surface area contributed by atoms with Crippen LogP contribution in [0.4, 0.5) is 0 Å². The van der Waals surface area contributed by atoms with E-state index in [1.54, 1.807) is 7.11 Å². The Kier molecular flexibility index (Phi) is 6.73. The zero-order valence-corrected chi connectivity index (χ0v) is 15.4. The third-order valence-electron chi connectivity index (χ3n) is 4.60. The van der Waals surface area contributed by atoms with Gasteiger partial charge in [-0.2, -0.15) is 0 Å². The fourth-order valence-corrected chi connectivity index (χ4v) is 2.75. The van der Waals surface area contributed by atoms with E-state index in [0.717, 1.165) is 17.5 Å². The Balaban J connectivity index is 2.30. The summed E-state index contributed by atoms with van der Waals surface area (Å²) < 4.78 is 11.4. The van der Waals surface area contributed by atoms with Crippen LogP contribution in [0, 0.1) is 0 Å². The van der Waals surface area contributed by atoms with Crippen molar-refractivity contribution >= 4 is 5.97 Å². The molecule has 2 rings (SSSR count). The number of carbonyl (C=O) groups excluding carboxylic acids is 1. The van der Waals surface area contributed by atoms with Crippen molar-refractivity contribution in [1.82, 2.24) is 4.90 Å². The Bertz CT molecular complexity index is 616. The minimum absolute atomic E-state index is 0.332. The molecule has 0 aromatic heterocycles. The first kappa shape index (κ1) is 19.2. The van der Waals surface area contributed by atoms with Gasteiger partial charge in [-0.15, -0.1) is 0 Å². The number of hydrogen-bond donors (Lipinski definition) is 0. The molecule has 4 heteroatoms. The predicted molar refractivity (Wildman–Crippen MR) is 99.4 cm³/mol. The number of methoxy groups -OCH3 is 1. The van der Waals surface area contributed by atoms with Gasteiger partial charge in [0.2, 0.25) is 5.60 Å². The standard InChI is InChI=1S/C21H27NO3/c1-17(22(2)3)15-16-25-20(23)21(24-4,18-11-7-5-8-12-18)19-13-9-6-10-14-19/h5-14,17H,15-16H2,1-4H3. The number of carbonyl (C=O) groups is 1. The number of esters is 1. The van der Waals surface area contributed by atoms with Crippen LogP contribution in [0.15, 0.2) is 60.7 Å². The van der Waals surface area contributed by atoms with E-state index in [9.17, 15) is 4.79 Å². The van der Waals surface area contributed by atoms with Gasteiger partial charge in [-0.3, -0.25) is 0 Å². The molecule has 2 aromatic carbocycles. The van der Waals surface area contributed by atoms with Crippen LogP contribution in [0.2, 0.25) is 0 Å². The van der Waals surface area contributed by atoms with Crippen LogP contribution in [0.3, 0.4) is 0 Å². The van der Waals surface area contributed by atoms with E-state index in [4.69, 9.17) is 9.47 Å². The highest BCUT2D eigenvalue weighted by molar-refractivity contribution is 5.85. The van der Waals surface area contributed by atoms with Gasteiger partial charge in [0, 0.05) is 13.2 Å². The molecule has 0 spiro atoms. The average Bonchev–Trinajstić information content (AvgIpc) is 2.64. The first-order valence-corrected chi connectivity index (χ1v) is 8.52. The molecule has 0 bridgehead atoms. The van der Waals surface area contributed by atoms with Crippen LogP contribution < -0.4 is 0 Å². The number of rotatable bonds is 8. The van der Waals surface area contributed by atoms with Gasteiger partial charge in [0.25, 0.3) is 0 Å². The van der Waals surface area contributed by atoms with Crippen molar-refractivity contribution in [2.24, 2.45) is 0 Å². The fraction of sp³-hybridized carbons (Fsp3) is 0.381. The second-order valence-electron chi connectivity index (χ2n) is 6.35. The maximum absolute atomic E-state index is 13.1. The summed E-state index contributed by atoms with van der Waals surface area (Å²) in [4.78, 5) is 15.2. The lowest BCUT2D eigenvalue weighted by atomic mass is 9.86. The molecule has 0 aliphatic heterocycles. The van der Waals surface area contributed by atoms with E-state index in [1.165, 1.54) is 0 Å². The minimum Gasteiger partial charge on any atom is -0.463 e. The van der Waals surface area contributed by atoms with E-state index in [0.29, 0.717) is 12.6 Å². The number of benzene rings is 2. The fourth-order valence-electron chi connectivity index (χ4n) is 2.75. The summed E-state index contributed by atoms with van der Waals surface area (Å²) in [6, 6.07) is 19.3. The van der Waals surface area contributed by atoms with E-state index >= 15 is 0 Å². The molecular weight excluding hydrogens is 314 g/mol. The molecule has 1 atom stereocenters. The zero-order valence-electron chi connectivity index (χ0n) is 15.4. The van der Waals surface area contributed by atoms with Gasteiger partial charge >= 0.3 is 5.97 Å². The minimum atomic E-state index is -1.26. The van der Waals surface area contributed by atoms with Gasteiger partial charge < -0.3 is 14.4 Å². The van der Waals surface area contributed by atoms with Crippen LogP contribution in [0.25, 0.3) is 0 Å². The average molecular weight is 341 g/mol. The van der Waals surface area contributed by atoms with Gasteiger partial charge in [0.15, 0.2) is 0 Å². The molecule has 0 fully saturated rings. The van der Waals surface area contributed by atoms with E-state index in [1.807, 2.05) is 74.8 Å².